The summed E-state index contributed by atoms with van der Waals surface area (Å²) in [4.78, 5) is 29.9. The first-order valence-electron chi connectivity index (χ1n) is 8.36. The molecule has 0 spiro atoms. The maximum Gasteiger partial charge on any atom is 0.257 e. The molecule has 0 saturated carbocycles. The van der Waals surface area contributed by atoms with Gasteiger partial charge in [-0.15, -0.1) is 0 Å². The molecule has 1 amide bonds. The van der Waals surface area contributed by atoms with Gasteiger partial charge in [-0.1, -0.05) is 29.4 Å². The van der Waals surface area contributed by atoms with Crippen molar-refractivity contribution in [1.29, 1.82) is 0 Å². The Kier molecular flexibility index (Phi) is 4.33. The predicted molar refractivity (Wildman–Crippen MR) is 99.7 cm³/mol. The number of hydrogen-bond acceptors (Lipinski definition) is 4. The number of carbonyl (C=O) groups is 1. The highest BCUT2D eigenvalue weighted by molar-refractivity contribution is 7.99. The fraction of sp³-hybridized carbons (Fsp3) is 0.389. The van der Waals surface area contributed by atoms with Crippen LogP contribution in [0.1, 0.15) is 35.7 Å². The first kappa shape index (κ1) is 16.7. The lowest BCUT2D eigenvalue weighted by atomic mass is 10.1. The van der Waals surface area contributed by atoms with Crippen molar-refractivity contribution < 1.29 is 4.79 Å². The minimum atomic E-state index is -0.148. The molecule has 0 fully saturated rings. The molecule has 4 rings (SSSR count). The number of halogens is 1. The Balaban J connectivity index is 1.55. The highest BCUT2D eigenvalue weighted by Gasteiger charge is 2.31. The smallest absolute Gasteiger partial charge is 0.257 e. The van der Waals surface area contributed by atoms with Crippen molar-refractivity contribution in [1.82, 2.24) is 9.55 Å². The van der Waals surface area contributed by atoms with Crippen molar-refractivity contribution in [2.75, 3.05) is 11.1 Å². The third kappa shape index (κ3) is 2.98. The second-order valence-corrected chi connectivity index (χ2v) is 7.87. The number of fused-ring (bicyclic) bond motifs is 2. The van der Waals surface area contributed by atoms with Gasteiger partial charge in [0.05, 0.1) is 11.7 Å². The Labute approximate surface area is 154 Å². The molecular weight excluding hydrogens is 358 g/mol. The van der Waals surface area contributed by atoms with Crippen LogP contribution in [0.3, 0.4) is 0 Å². The number of nitrogens with zero attached hydrogens (tertiary/aromatic N) is 2. The van der Waals surface area contributed by atoms with Gasteiger partial charge in [0.1, 0.15) is 0 Å². The maximum absolute atomic E-state index is 12.8. The lowest BCUT2D eigenvalue weighted by Gasteiger charge is -2.15. The van der Waals surface area contributed by atoms with Gasteiger partial charge < -0.3 is 5.32 Å². The van der Waals surface area contributed by atoms with Crippen LogP contribution in [-0.4, -0.2) is 21.2 Å². The van der Waals surface area contributed by atoms with E-state index in [0.717, 1.165) is 41.2 Å². The summed E-state index contributed by atoms with van der Waals surface area (Å²) >= 11 is 7.66. The zero-order valence-corrected chi connectivity index (χ0v) is 15.4. The van der Waals surface area contributed by atoms with Crippen molar-refractivity contribution in [2.24, 2.45) is 0 Å². The molecule has 1 aromatic carbocycles. The third-order valence-electron chi connectivity index (χ3n) is 4.84. The highest BCUT2D eigenvalue weighted by Crippen LogP contribution is 2.34. The molecule has 1 aromatic heterocycles. The first-order chi connectivity index (χ1) is 12.0. The van der Waals surface area contributed by atoms with Crippen LogP contribution in [0.25, 0.3) is 0 Å². The van der Waals surface area contributed by atoms with Gasteiger partial charge in [-0.25, -0.2) is 4.98 Å². The molecule has 2 heterocycles. The standard InChI is InChI=1S/C18H18ClN3O2S/c1-10-13(19)5-3-6-14(10)20-16(23)8-11-9-25-18-21-15-7-2-4-12(15)17(24)22(11)18/h3,5-6,11H,2,4,7-9H2,1H3,(H,20,23). The van der Waals surface area contributed by atoms with Crippen molar-refractivity contribution >= 4 is 35.0 Å². The average Bonchev–Trinajstić information content (AvgIpc) is 3.20. The minimum absolute atomic E-state index is 0.0410. The molecule has 1 atom stereocenters. The highest BCUT2D eigenvalue weighted by atomic mass is 35.5. The number of hydrogen-bond donors (Lipinski definition) is 1. The fourth-order valence-electron chi connectivity index (χ4n) is 3.46. The lowest BCUT2D eigenvalue weighted by Crippen LogP contribution is -2.30. The molecule has 1 N–H and O–H groups in total. The van der Waals surface area contributed by atoms with Gasteiger partial charge >= 0.3 is 0 Å². The van der Waals surface area contributed by atoms with Crippen molar-refractivity contribution in [2.45, 2.75) is 43.8 Å². The van der Waals surface area contributed by atoms with Crippen LogP contribution in [0.15, 0.2) is 28.2 Å². The van der Waals surface area contributed by atoms with Crippen molar-refractivity contribution in [3.05, 3.63) is 50.4 Å². The lowest BCUT2D eigenvalue weighted by molar-refractivity contribution is -0.116. The van der Waals surface area contributed by atoms with Crippen LogP contribution in [0.2, 0.25) is 5.02 Å². The number of anilines is 1. The molecule has 0 bridgehead atoms. The summed E-state index contributed by atoms with van der Waals surface area (Å²) in [6, 6.07) is 5.29. The quantitative estimate of drug-likeness (QED) is 0.835. The van der Waals surface area contributed by atoms with Crippen LogP contribution in [0.5, 0.6) is 0 Å². The topological polar surface area (TPSA) is 64.0 Å². The van der Waals surface area contributed by atoms with E-state index in [2.05, 4.69) is 10.3 Å². The van der Waals surface area contributed by atoms with Gasteiger partial charge in [0, 0.05) is 28.4 Å². The van der Waals surface area contributed by atoms with E-state index < -0.39 is 0 Å². The summed E-state index contributed by atoms with van der Waals surface area (Å²) in [5.41, 5.74) is 3.38. The number of benzene rings is 1. The molecule has 5 nitrogen and oxygen atoms in total. The van der Waals surface area contributed by atoms with E-state index in [-0.39, 0.29) is 23.9 Å². The van der Waals surface area contributed by atoms with Crippen molar-refractivity contribution in [3.8, 4) is 0 Å². The number of thioether (sulfide) groups is 1. The molecule has 0 saturated heterocycles. The molecule has 130 valence electrons. The number of rotatable bonds is 3. The third-order valence-corrected chi connectivity index (χ3v) is 6.34. The molecule has 0 radical (unpaired) electrons. The van der Waals surface area contributed by atoms with E-state index in [1.807, 2.05) is 19.1 Å². The normalized spacial score (nSPS) is 18.1. The second kappa shape index (κ2) is 6.50. The fourth-order valence-corrected chi connectivity index (χ4v) is 4.79. The molecule has 1 aliphatic heterocycles. The van der Waals surface area contributed by atoms with E-state index in [4.69, 9.17) is 11.6 Å². The molecular formula is C18H18ClN3O2S. The number of nitrogens with one attached hydrogen (secondary N) is 1. The van der Waals surface area contributed by atoms with E-state index >= 15 is 0 Å². The van der Waals surface area contributed by atoms with Crippen LogP contribution < -0.4 is 10.9 Å². The number of carbonyl (C=O) groups excluding carboxylic acids is 1. The van der Waals surface area contributed by atoms with Crippen LogP contribution in [0, 0.1) is 6.92 Å². The molecule has 1 aliphatic carbocycles. The van der Waals surface area contributed by atoms with E-state index in [1.54, 1.807) is 22.4 Å². The zero-order chi connectivity index (χ0) is 17.6. The summed E-state index contributed by atoms with van der Waals surface area (Å²) in [7, 11) is 0. The number of aromatic nitrogens is 2. The summed E-state index contributed by atoms with van der Waals surface area (Å²) in [6.45, 7) is 1.87. The molecule has 7 heteroatoms. The van der Waals surface area contributed by atoms with E-state index in [0.29, 0.717) is 16.5 Å². The number of amides is 1. The molecule has 2 aromatic rings. The van der Waals surface area contributed by atoms with Gasteiger partial charge in [-0.3, -0.25) is 14.2 Å². The second-order valence-electron chi connectivity index (χ2n) is 6.48. The summed E-state index contributed by atoms with van der Waals surface area (Å²) < 4.78 is 1.72. The van der Waals surface area contributed by atoms with Gasteiger partial charge in [0.25, 0.3) is 5.56 Å². The zero-order valence-electron chi connectivity index (χ0n) is 13.8. The van der Waals surface area contributed by atoms with Crippen LogP contribution >= 0.6 is 23.4 Å². The Bertz CT molecular complexity index is 925. The van der Waals surface area contributed by atoms with Gasteiger partial charge in [0.15, 0.2) is 5.16 Å². The Morgan fingerprint density at radius 2 is 2.28 bits per heavy atom. The summed E-state index contributed by atoms with van der Waals surface area (Å²) in [6.07, 6.45) is 2.93. The monoisotopic (exact) mass is 375 g/mol. The first-order valence-corrected chi connectivity index (χ1v) is 9.73. The predicted octanol–water partition coefficient (Wildman–Crippen LogP) is 3.37. The maximum atomic E-state index is 12.8. The van der Waals surface area contributed by atoms with Crippen LogP contribution in [-0.2, 0) is 17.6 Å². The average molecular weight is 376 g/mol. The number of aryl methyl sites for hydroxylation is 1. The van der Waals surface area contributed by atoms with Crippen LogP contribution in [0.4, 0.5) is 5.69 Å². The molecule has 25 heavy (non-hydrogen) atoms. The van der Waals surface area contributed by atoms with Gasteiger partial charge in [0.2, 0.25) is 5.91 Å². The van der Waals surface area contributed by atoms with E-state index in [1.165, 1.54) is 0 Å². The summed E-state index contributed by atoms with van der Waals surface area (Å²) in [5.74, 6) is 0.587. The largest absolute Gasteiger partial charge is 0.326 e. The Hall–Kier alpha value is -1.79. The molecule has 2 aliphatic rings. The molecule has 1 unspecified atom stereocenters. The summed E-state index contributed by atoms with van der Waals surface area (Å²) in [5, 5.41) is 4.29. The Morgan fingerprint density at radius 3 is 3.12 bits per heavy atom. The SMILES string of the molecule is Cc1c(Cl)cccc1NC(=O)CC1CSc2nc3c(c(=O)n21)CCC3. The van der Waals surface area contributed by atoms with Gasteiger partial charge in [-0.2, -0.15) is 0 Å². The minimum Gasteiger partial charge on any atom is -0.326 e. The Morgan fingerprint density at radius 1 is 1.44 bits per heavy atom. The van der Waals surface area contributed by atoms with Gasteiger partial charge in [-0.05, 0) is 43.9 Å². The van der Waals surface area contributed by atoms with E-state index in [9.17, 15) is 9.59 Å². The van der Waals surface area contributed by atoms with Crippen molar-refractivity contribution in [3.63, 3.8) is 0 Å².